The van der Waals surface area contributed by atoms with Crippen LogP contribution in [0.3, 0.4) is 0 Å². The van der Waals surface area contributed by atoms with E-state index in [9.17, 15) is 0 Å². The lowest BCUT2D eigenvalue weighted by Gasteiger charge is -2.17. The summed E-state index contributed by atoms with van der Waals surface area (Å²) >= 11 is 0. The maximum atomic E-state index is 5.99. The standard InChI is InChI=1S/C22H32N2O3/c1-6-9-10-11-15-27-22-17(8-3)23-21(16(7-2)24-22)20-18(25-4)13-12-14-19(20)26-5/h12-14H,6-11,15H2,1-5H3. The van der Waals surface area contributed by atoms with Gasteiger partial charge in [0.05, 0.1) is 37.8 Å². The summed E-state index contributed by atoms with van der Waals surface area (Å²) in [4.78, 5) is 9.73. The van der Waals surface area contributed by atoms with Crippen LogP contribution in [0.1, 0.15) is 57.8 Å². The number of ether oxygens (including phenoxy) is 3. The SMILES string of the molecule is CCCCCCOc1nc(CC)c(-c2c(OC)cccc2OC)nc1CC. The molecule has 5 nitrogen and oxygen atoms in total. The maximum Gasteiger partial charge on any atom is 0.235 e. The van der Waals surface area contributed by atoms with Gasteiger partial charge in [0.15, 0.2) is 0 Å². The Labute approximate surface area is 163 Å². The smallest absolute Gasteiger partial charge is 0.235 e. The van der Waals surface area contributed by atoms with Crippen LogP contribution in [0.25, 0.3) is 11.3 Å². The largest absolute Gasteiger partial charge is 0.496 e. The van der Waals surface area contributed by atoms with Crippen molar-refractivity contribution in [3.63, 3.8) is 0 Å². The topological polar surface area (TPSA) is 53.5 Å². The molecule has 0 unspecified atom stereocenters. The molecule has 2 rings (SSSR count). The molecule has 1 aromatic carbocycles. The number of nitrogens with zero attached hydrogens (tertiary/aromatic N) is 2. The van der Waals surface area contributed by atoms with Crippen LogP contribution in [0.2, 0.25) is 0 Å². The first-order chi connectivity index (χ1) is 13.2. The summed E-state index contributed by atoms with van der Waals surface area (Å²) in [5.41, 5.74) is 3.40. The summed E-state index contributed by atoms with van der Waals surface area (Å²) in [6, 6.07) is 5.75. The van der Waals surface area contributed by atoms with E-state index in [1.54, 1.807) is 14.2 Å². The summed E-state index contributed by atoms with van der Waals surface area (Å²) in [5, 5.41) is 0. The number of rotatable bonds is 11. The first-order valence-electron chi connectivity index (χ1n) is 9.93. The molecule has 1 aromatic heterocycles. The molecule has 0 amide bonds. The third-order valence-corrected chi connectivity index (χ3v) is 4.57. The number of benzene rings is 1. The van der Waals surface area contributed by atoms with E-state index in [1.165, 1.54) is 19.3 Å². The predicted molar refractivity (Wildman–Crippen MR) is 109 cm³/mol. The minimum Gasteiger partial charge on any atom is -0.496 e. The molecule has 0 fully saturated rings. The van der Waals surface area contributed by atoms with Crippen molar-refractivity contribution in [3.05, 3.63) is 29.6 Å². The molecule has 27 heavy (non-hydrogen) atoms. The van der Waals surface area contributed by atoms with Gasteiger partial charge in [-0.15, -0.1) is 0 Å². The highest BCUT2D eigenvalue weighted by Gasteiger charge is 2.20. The Balaban J connectivity index is 2.42. The second-order valence-corrected chi connectivity index (χ2v) is 6.42. The lowest BCUT2D eigenvalue weighted by atomic mass is 10.0. The first-order valence-corrected chi connectivity index (χ1v) is 9.93. The lowest BCUT2D eigenvalue weighted by molar-refractivity contribution is 0.288. The monoisotopic (exact) mass is 372 g/mol. The molecule has 0 N–H and O–H groups in total. The van der Waals surface area contributed by atoms with Gasteiger partial charge in [0.2, 0.25) is 5.88 Å². The van der Waals surface area contributed by atoms with Crippen molar-refractivity contribution >= 4 is 0 Å². The molecule has 1 heterocycles. The number of hydrogen-bond acceptors (Lipinski definition) is 5. The van der Waals surface area contributed by atoms with E-state index >= 15 is 0 Å². The zero-order valence-corrected chi connectivity index (χ0v) is 17.3. The molecule has 0 bridgehead atoms. The summed E-state index contributed by atoms with van der Waals surface area (Å²) < 4.78 is 17.1. The van der Waals surface area contributed by atoms with Gasteiger partial charge in [-0.2, -0.15) is 0 Å². The second kappa shape index (κ2) is 10.8. The van der Waals surface area contributed by atoms with Crippen LogP contribution in [0.15, 0.2) is 18.2 Å². The van der Waals surface area contributed by atoms with Gasteiger partial charge in [-0.05, 0) is 31.4 Å². The molecule has 0 spiro atoms. The van der Waals surface area contributed by atoms with Gasteiger partial charge in [0, 0.05) is 0 Å². The lowest BCUT2D eigenvalue weighted by Crippen LogP contribution is -2.09. The summed E-state index contributed by atoms with van der Waals surface area (Å²) in [6.07, 6.45) is 6.19. The van der Waals surface area contributed by atoms with E-state index in [1.807, 2.05) is 18.2 Å². The zero-order chi connectivity index (χ0) is 19.6. The fourth-order valence-electron chi connectivity index (χ4n) is 3.06. The van der Waals surface area contributed by atoms with Gasteiger partial charge in [-0.1, -0.05) is 46.1 Å². The molecule has 0 aliphatic carbocycles. The quantitative estimate of drug-likeness (QED) is 0.505. The molecular weight excluding hydrogens is 340 g/mol. The average molecular weight is 373 g/mol. The highest BCUT2D eigenvalue weighted by Crippen LogP contribution is 2.39. The van der Waals surface area contributed by atoms with E-state index < -0.39 is 0 Å². The Bertz CT molecular complexity index is 709. The third-order valence-electron chi connectivity index (χ3n) is 4.57. The highest BCUT2D eigenvalue weighted by molar-refractivity contribution is 5.76. The zero-order valence-electron chi connectivity index (χ0n) is 17.3. The molecule has 0 radical (unpaired) electrons. The van der Waals surface area contributed by atoms with Gasteiger partial charge in [0.1, 0.15) is 17.2 Å². The molecule has 0 atom stereocenters. The first kappa shape index (κ1) is 21.0. The van der Waals surface area contributed by atoms with Crippen LogP contribution in [0.4, 0.5) is 0 Å². The highest BCUT2D eigenvalue weighted by atomic mass is 16.5. The Morgan fingerprint density at radius 1 is 0.815 bits per heavy atom. The minimum atomic E-state index is 0.656. The van der Waals surface area contributed by atoms with Crippen molar-refractivity contribution in [2.24, 2.45) is 0 Å². The van der Waals surface area contributed by atoms with Crippen LogP contribution in [0, 0.1) is 0 Å². The molecule has 5 heteroatoms. The van der Waals surface area contributed by atoms with Crippen molar-refractivity contribution in [2.75, 3.05) is 20.8 Å². The van der Waals surface area contributed by atoms with Crippen LogP contribution in [-0.2, 0) is 12.8 Å². The summed E-state index contributed by atoms with van der Waals surface area (Å²) in [5.74, 6) is 2.12. The summed E-state index contributed by atoms with van der Waals surface area (Å²) in [7, 11) is 3.32. The molecular formula is C22H32N2O3. The van der Waals surface area contributed by atoms with E-state index in [-0.39, 0.29) is 0 Å². The van der Waals surface area contributed by atoms with Gasteiger partial charge < -0.3 is 14.2 Å². The third kappa shape index (κ3) is 5.12. The van der Waals surface area contributed by atoms with Crippen molar-refractivity contribution in [1.82, 2.24) is 9.97 Å². The minimum absolute atomic E-state index is 0.656. The maximum absolute atomic E-state index is 5.99. The van der Waals surface area contributed by atoms with E-state index in [4.69, 9.17) is 24.2 Å². The number of unbranched alkanes of at least 4 members (excludes halogenated alkanes) is 3. The molecule has 0 saturated heterocycles. The Morgan fingerprint density at radius 3 is 2.04 bits per heavy atom. The molecule has 0 aliphatic heterocycles. The Morgan fingerprint density at radius 2 is 1.48 bits per heavy atom. The van der Waals surface area contributed by atoms with Crippen LogP contribution in [-0.4, -0.2) is 30.8 Å². The number of methoxy groups -OCH3 is 2. The average Bonchev–Trinajstić information content (AvgIpc) is 2.72. The van der Waals surface area contributed by atoms with Crippen molar-refractivity contribution in [1.29, 1.82) is 0 Å². The van der Waals surface area contributed by atoms with E-state index in [0.717, 1.165) is 53.4 Å². The predicted octanol–water partition coefficient (Wildman–Crippen LogP) is 5.24. The molecule has 0 saturated carbocycles. The van der Waals surface area contributed by atoms with E-state index in [2.05, 4.69) is 20.8 Å². The van der Waals surface area contributed by atoms with Crippen molar-refractivity contribution in [3.8, 4) is 28.6 Å². The number of hydrogen-bond donors (Lipinski definition) is 0. The van der Waals surface area contributed by atoms with Gasteiger partial charge in [0.25, 0.3) is 0 Å². The van der Waals surface area contributed by atoms with Gasteiger partial charge >= 0.3 is 0 Å². The van der Waals surface area contributed by atoms with Crippen LogP contribution < -0.4 is 14.2 Å². The Hall–Kier alpha value is -2.30. The number of aromatic nitrogens is 2. The normalized spacial score (nSPS) is 10.7. The Kier molecular flexibility index (Phi) is 8.37. The fraction of sp³-hybridized carbons (Fsp3) is 0.545. The molecule has 0 aliphatic rings. The molecule has 148 valence electrons. The van der Waals surface area contributed by atoms with Crippen molar-refractivity contribution in [2.45, 2.75) is 59.3 Å². The van der Waals surface area contributed by atoms with Crippen LogP contribution >= 0.6 is 0 Å². The van der Waals surface area contributed by atoms with Crippen molar-refractivity contribution < 1.29 is 14.2 Å². The van der Waals surface area contributed by atoms with Gasteiger partial charge in [-0.25, -0.2) is 9.97 Å². The fourth-order valence-corrected chi connectivity index (χ4v) is 3.06. The molecule has 2 aromatic rings. The van der Waals surface area contributed by atoms with Gasteiger partial charge in [-0.3, -0.25) is 0 Å². The van der Waals surface area contributed by atoms with Crippen LogP contribution in [0.5, 0.6) is 17.4 Å². The number of aryl methyl sites for hydroxylation is 2. The summed E-state index contributed by atoms with van der Waals surface area (Å²) in [6.45, 7) is 7.04. The second-order valence-electron chi connectivity index (χ2n) is 6.42. The van der Waals surface area contributed by atoms with E-state index in [0.29, 0.717) is 12.5 Å².